The van der Waals surface area contributed by atoms with Crippen LogP contribution in [-0.4, -0.2) is 25.8 Å². The van der Waals surface area contributed by atoms with Crippen LogP contribution in [-0.2, 0) is 6.54 Å². The monoisotopic (exact) mass is 335 g/mol. The molecule has 1 aromatic carbocycles. The van der Waals surface area contributed by atoms with Gasteiger partial charge in [0.05, 0.1) is 17.4 Å². The minimum Gasteiger partial charge on any atom is -0.442 e. The zero-order chi connectivity index (χ0) is 17.4. The van der Waals surface area contributed by atoms with E-state index < -0.39 is 11.5 Å². The number of hydrogen-bond acceptors (Lipinski definition) is 6. The number of carbonyl (C=O) groups excluding carboxylic acids is 1. The summed E-state index contributed by atoms with van der Waals surface area (Å²) in [7, 11) is 0. The Balaban J connectivity index is 1.67. The van der Waals surface area contributed by atoms with Gasteiger partial charge < -0.3 is 14.7 Å². The van der Waals surface area contributed by atoms with Crippen molar-refractivity contribution in [3.8, 4) is 0 Å². The van der Waals surface area contributed by atoms with E-state index in [0.29, 0.717) is 5.76 Å². The lowest BCUT2D eigenvalue weighted by Gasteiger charge is -2.07. The molecule has 25 heavy (non-hydrogen) atoms. The molecule has 0 bridgehead atoms. The second kappa shape index (κ2) is 5.82. The molecular formula is C17H13N5O3. The molecule has 8 heteroatoms. The number of amides is 1. The summed E-state index contributed by atoms with van der Waals surface area (Å²) in [5, 5.41) is 3.85. The highest BCUT2D eigenvalue weighted by Crippen LogP contribution is 2.21. The smallest absolute Gasteiger partial charge is 0.262 e. The minimum absolute atomic E-state index is 0.143. The fourth-order valence-electron chi connectivity index (χ4n) is 2.81. The van der Waals surface area contributed by atoms with Crippen LogP contribution in [0, 0.1) is 6.92 Å². The predicted octanol–water partition coefficient (Wildman–Crippen LogP) is 1.70. The van der Waals surface area contributed by atoms with Crippen molar-refractivity contribution in [3.05, 3.63) is 64.3 Å². The van der Waals surface area contributed by atoms with E-state index in [-0.39, 0.29) is 23.2 Å². The number of nitrogens with zero attached hydrogens (tertiary/aromatic N) is 3. The van der Waals surface area contributed by atoms with Gasteiger partial charge in [-0.25, -0.2) is 15.0 Å². The number of fused-ring (bicyclic) bond motifs is 2. The molecule has 3 aromatic heterocycles. The summed E-state index contributed by atoms with van der Waals surface area (Å²) in [5.41, 5.74) is 1.55. The maximum absolute atomic E-state index is 12.6. The van der Waals surface area contributed by atoms with Crippen LogP contribution < -0.4 is 10.9 Å². The van der Waals surface area contributed by atoms with Crippen LogP contribution in [0.4, 0.5) is 0 Å². The summed E-state index contributed by atoms with van der Waals surface area (Å²) < 4.78 is 5.41. The van der Waals surface area contributed by atoms with Gasteiger partial charge in [0.1, 0.15) is 17.5 Å². The highest BCUT2D eigenvalue weighted by Gasteiger charge is 2.21. The van der Waals surface area contributed by atoms with Gasteiger partial charge in [-0.2, -0.15) is 0 Å². The van der Waals surface area contributed by atoms with E-state index in [1.807, 2.05) is 18.2 Å². The van der Waals surface area contributed by atoms with Gasteiger partial charge in [0.25, 0.3) is 11.5 Å². The molecule has 0 aliphatic rings. The number of hydrogen-bond donors (Lipinski definition) is 2. The lowest BCUT2D eigenvalue weighted by Crippen LogP contribution is -2.24. The molecule has 0 spiro atoms. The molecule has 4 aromatic rings. The van der Waals surface area contributed by atoms with Crippen LogP contribution in [0.1, 0.15) is 21.7 Å². The fraction of sp³-hybridized carbons (Fsp3) is 0.118. The third-order valence-corrected chi connectivity index (χ3v) is 3.95. The molecule has 0 radical (unpaired) electrons. The molecule has 1 amide bonds. The lowest BCUT2D eigenvalue weighted by atomic mass is 10.1. The summed E-state index contributed by atoms with van der Waals surface area (Å²) in [6.07, 6.45) is 4.42. The second-order valence-electron chi connectivity index (χ2n) is 5.51. The van der Waals surface area contributed by atoms with Crippen LogP contribution >= 0.6 is 0 Å². The highest BCUT2D eigenvalue weighted by molar-refractivity contribution is 6.06. The number of rotatable bonds is 3. The molecule has 0 unspecified atom stereocenters. The summed E-state index contributed by atoms with van der Waals surface area (Å²) in [4.78, 5) is 39.3. The van der Waals surface area contributed by atoms with Gasteiger partial charge >= 0.3 is 0 Å². The molecule has 8 nitrogen and oxygen atoms in total. The normalized spacial score (nSPS) is 11.1. The Labute approximate surface area is 140 Å². The van der Waals surface area contributed by atoms with E-state index in [9.17, 15) is 9.59 Å². The number of aryl methyl sites for hydroxylation is 1. The van der Waals surface area contributed by atoms with Gasteiger partial charge in [-0.3, -0.25) is 9.59 Å². The first-order valence-corrected chi connectivity index (χ1v) is 7.57. The quantitative estimate of drug-likeness (QED) is 0.589. The molecule has 0 aliphatic heterocycles. The highest BCUT2D eigenvalue weighted by atomic mass is 16.3. The van der Waals surface area contributed by atoms with Crippen molar-refractivity contribution < 1.29 is 9.21 Å². The van der Waals surface area contributed by atoms with Crippen molar-refractivity contribution in [2.75, 3.05) is 0 Å². The molecule has 4 rings (SSSR count). The van der Waals surface area contributed by atoms with Crippen LogP contribution in [0.25, 0.3) is 22.0 Å². The van der Waals surface area contributed by atoms with Gasteiger partial charge in [0.2, 0.25) is 5.71 Å². The standard InChI is InChI=1S/C17H13N5O3/c1-9-12(13-16(24)21-8-22-17(13)25-9)15(23)19-6-11-4-2-3-10-5-18-7-20-14(10)11/h2-5,7-8H,6H2,1H3,(H,19,23)(H,21,22,24). The maximum Gasteiger partial charge on any atom is 0.262 e. The van der Waals surface area contributed by atoms with Crippen LogP contribution in [0.3, 0.4) is 0 Å². The largest absolute Gasteiger partial charge is 0.442 e. The summed E-state index contributed by atoms with van der Waals surface area (Å²) in [5.74, 6) is -0.0576. The van der Waals surface area contributed by atoms with Crippen LogP contribution in [0.2, 0.25) is 0 Å². The van der Waals surface area contributed by atoms with Crippen molar-refractivity contribution in [2.45, 2.75) is 13.5 Å². The van der Waals surface area contributed by atoms with Crippen molar-refractivity contribution in [3.63, 3.8) is 0 Å². The zero-order valence-corrected chi connectivity index (χ0v) is 13.2. The molecular weight excluding hydrogens is 322 g/mol. The van der Waals surface area contributed by atoms with E-state index >= 15 is 0 Å². The first-order chi connectivity index (χ1) is 12.1. The topological polar surface area (TPSA) is 114 Å². The molecule has 0 saturated carbocycles. The number of aromatic nitrogens is 4. The zero-order valence-electron chi connectivity index (χ0n) is 13.2. The second-order valence-corrected chi connectivity index (χ2v) is 5.51. The van der Waals surface area contributed by atoms with Crippen LogP contribution in [0.15, 0.2) is 46.3 Å². The minimum atomic E-state index is -0.412. The first-order valence-electron chi connectivity index (χ1n) is 7.57. The molecule has 3 heterocycles. The average molecular weight is 335 g/mol. The van der Waals surface area contributed by atoms with Crippen molar-refractivity contribution in [1.29, 1.82) is 0 Å². The summed E-state index contributed by atoms with van der Waals surface area (Å²) in [6, 6.07) is 5.66. The number of H-pyrrole nitrogens is 1. The van der Waals surface area contributed by atoms with Gasteiger partial charge in [-0.05, 0) is 12.5 Å². The Morgan fingerprint density at radius 2 is 2.20 bits per heavy atom. The number of para-hydroxylation sites is 1. The molecule has 0 atom stereocenters. The predicted molar refractivity (Wildman–Crippen MR) is 90.1 cm³/mol. The number of furan rings is 1. The van der Waals surface area contributed by atoms with Gasteiger partial charge in [0, 0.05) is 18.1 Å². The fourth-order valence-corrected chi connectivity index (χ4v) is 2.81. The van der Waals surface area contributed by atoms with Crippen molar-refractivity contribution in [2.24, 2.45) is 0 Å². The van der Waals surface area contributed by atoms with Crippen LogP contribution in [0.5, 0.6) is 0 Å². The first kappa shape index (κ1) is 15.0. The third-order valence-electron chi connectivity index (χ3n) is 3.95. The lowest BCUT2D eigenvalue weighted by molar-refractivity contribution is 0.0951. The van der Waals surface area contributed by atoms with E-state index in [1.165, 1.54) is 12.7 Å². The Kier molecular flexibility index (Phi) is 3.50. The molecule has 0 fully saturated rings. The number of carbonyl (C=O) groups is 1. The Morgan fingerprint density at radius 3 is 3.08 bits per heavy atom. The van der Waals surface area contributed by atoms with E-state index in [0.717, 1.165) is 16.5 Å². The number of benzene rings is 1. The summed E-state index contributed by atoms with van der Waals surface area (Å²) in [6.45, 7) is 1.89. The number of aromatic amines is 1. The van der Waals surface area contributed by atoms with E-state index in [4.69, 9.17) is 4.42 Å². The SMILES string of the molecule is Cc1oc2nc[nH]c(=O)c2c1C(=O)NCc1cccc2cncnc12. The van der Waals surface area contributed by atoms with Gasteiger partial charge in [-0.15, -0.1) is 0 Å². The molecule has 0 saturated heterocycles. The van der Waals surface area contributed by atoms with Crippen molar-refractivity contribution in [1.82, 2.24) is 25.3 Å². The maximum atomic E-state index is 12.6. The number of nitrogens with one attached hydrogen (secondary N) is 2. The van der Waals surface area contributed by atoms with Crippen molar-refractivity contribution >= 4 is 27.9 Å². The van der Waals surface area contributed by atoms with Gasteiger partial charge in [-0.1, -0.05) is 18.2 Å². The van der Waals surface area contributed by atoms with Gasteiger partial charge in [0.15, 0.2) is 0 Å². The molecule has 124 valence electrons. The third kappa shape index (κ3) is 2.53. The summed E-state index contributed by atoms with van der Waals surface area (Å²) >= 11 is 0. The Hall–Kier alpha value is -3.55. The molecule has 2 N–H and O–H groups in total. The average Bonchev–Trinajstić information content (AvgIpc) is 2.97. The molecule has 0 aliphatic carbocycles. The Morgan fingerprint density at radius 1 is 1.32 bits per heavy atom. The van der Waals surface area contributed by atoms with E-state index in [2.05, 4.69) is 25.3 Å². The van der Waals surface area contributed by atoms with E-state index in [1.54, 1.807) is 13.1 Å². The Bertz CT molecular complexity index is 1160.